The third kappa shape index (κ3) is 4.40. The standard InChI is InChI=1S/C15H20N2OS/c1-3-9-16-12(2)13-4-6-15(7-5-13)19-11-14-8-10-17-18-14/h4-8,10,12,16H,3,9,11H2,1-2H3. The minimum absolute atomic E-state index is 0.410. The van der Waals surface area contributed by atoms with Crippen LogP contribution in [-0.2, 0) is 5.75 Å². The van der Waals surface area contributed by atoms with E-state index in [1.807, 2.05) is 6.07 Å². The highest BCUT2D eigenvalue weighted by atomic mass is 32.2. The molecule has 4 heteroatoms. The van der Waals surface area contributed by atoms with Crippen molar-refractivity contribution in [2.24, 2.45) is 0 Å². The Kier molecular flexibility index (Phi) is 5.48. The van der Waals surface area contributed by atoms with Crippen LogP contribution in [0.15, 0.2) is 45.9 Å². The summed E-state index contributed by atoms with van der Waals surface area (Å²) in [4.78, 5) is 1.25. The van der Waals surface area contributed by atoms with Gasteiger partial charge in [-0.15, -0.1) is 11.8 Å². The Morgan fingerprint density at radius 1 is 1.26 bits per heavy atom. The maximum Gasteiger partial charge on any atom is 0.146 e. The molecule has 102 valence electrons. The molecule has 1 N–H and O–H groups in total. The summed E-state index contributed by atoms with van der Waals surface area (Å²) in [7, 11) is 0. The van der Waals surface area contributed by atoms with Gasteiger partial charge in [-0.2, -0.15) is 0 Å². The molecule has 1 heterocycles. The Labute approximate surface area is 118 Å². The molecule has 1 aromatic carbocycles. The van der Waals surface area contributed by atoms with Gasteiger partial charge in [0.05, 0.1) is 11.9 Å². The molecule has 1 atom stereocenters. The summed E-state index contributed by atoms with van der Waals surface area (Å²) >= 11 is 1.76. The molecule has 2 aromatic rings. The summed E-state index contributed by atoms with van der Waals surface area (Å²) in [6, 6.07) is 11.0. The number of aromatic nitrogens is 1. The van der Waals surface area contributed by atoms with Gasteiger partial charge in [-0.3, -0.25) is 0 Å². The molecule has 19 heavy (non-hydrogen) atoms. The Morgan fingerprint density at radius 3 is 2.68 bits per heavy atom. The summed E-state index contributed by atoms with van der Waals surface area (Å²) in [5, 5.41) is 7.20. The highest BCUT2D eigenvalue weighted by Gasteiger charge is 2.04. The second-order valence-corrected chi connectivity index (χ2v) is 5.56. The van der Waals surface area contributed by atoms with Crippen molar-refractivity contribution in [2.75, 3.05) is 6.54 Å². The number of nitrogens with one attached hydrogen (secondary N) is 1. The van der Waals surface area contributed by atoms with Crippen LogP contribution < -0.4 is 5.32 Å². The maximum atomic E-state index is 5.08. The van der Waals surface area contributed by atoms with Gasteiger partial charge in [-0.1, -0.05) is 24.2 Å². The van der Waals surface area contributed by atoms with Crippen LogP contribution in [0.1, 0.15) is 37.6 Å². The largest absolute Gasteiger partial charge is 0.361 e. The fourth-order valence-corrected chi connectivity index (χ4v) is 2.59. The van der Waals surface area contributed by atoms with Crippen LogP contribution in [0.25, 0.3) is 0 Å². The summed E-state index contributed by atoms with van der Waals surface area (Å²) in [6.07, 6.45) is 2.84. The van der Waals surface area contributed by atoms with Crippen LogP contribution in [0.3, 0.4) is 0 Å². The van der Waals surface area contributed by atoms with Crippen molar-refractivity contribution < 1.29 is 4.52 Å². The fourth-order valence-electron chi connectivity index (χ4n) is 1.80. The van der Waals surface area contributed by atoms with Crippen LogP contribution >= 0.6 is 11.8 Å². The zero-order valence-electron chi connectivity index (χ0n) is 11.4. The fraction of sp³-hybridized carbons (Fsp3) is 0.400. The van der Waals surface area contributed by atoms with Gasteiger partial charge in [0.1, 0.15) is 5.76 Å². The summed E-state index contributed by atoms with van der Waals surface area (Å²) < 4.78 is 5.08. The molecular formula is C15H20N2OS. The number of benzene rings is 1. The van der Waals surface area contributed by atoms with E-state index in [1.54, 1.807) is 18.0 Å². The van der Waals surface area contributed by atoms with Crippen LogP contribution in [0, 0.1) is 0 Å². The van der Waals surface area contributed by atoms with Crippen LogP contribution in [-0.4, -0.2) is 11.7 Å². The second-order valence-electron chi connectivity index (χ2n) is 4.51. The molecule has 0 aliphatic heterocycles. The van der Waals surface area contributed by atoms with Gasteiger partial charge in [0, 0.05) is 17.0 Å². The highest BCUT2D eigenvalue weighted by Crippen LogP contribution is 2.24. The lowest BCUT2D eigenvalue weighted by Gasteiger charge is -2.13. The minimum atomic E-state index is 0.410. The first-order valence-electron chi connectivity index (χ1n) is 6.65. The van der Waals surface area contributed by atoms with Crippen LogP contribution in [0.2, 0.25) is 0 Å². The van der Waals surface area contributed by atoms with Gasteiger partial charge < -0.3 is 9.84 Å². The topological polar surface area (TPSA) is 38.1 Å². The quantitative estimate of drug-likeness (QED) is 0.775. The number of hydrogen-bond acceptors (Lipinski definition) is 4. The summed E-state index contributed by atoms with van der Waals surface area (Å²) in [5.74, 6) is 1.73. The average molecular weight is 276 g/mol. The summed E-state index contributed by atoms with van der Waals surface area (Å²) in [6.45, 7) is 5.44. The third-order valence-electron chi connectivity index (χ3n) is 2.95. The molecular weight excluding hydrogens is 256 g/mol. The van der Waals surface area contributed by atoms with E-state index in [4.69, 9.17) is 4.52 Å². The highest BCUT2D eigenvalue weighted by molar-refractivity contribution is 7.98. The predicted molar refractivity (Wildman–Crippen MR) is 79.2 cm³/mol. The minimum Gasteiger partial charge on any atom is -0.361 e. The molecule has 0 spiro atoms. The van der Waals surface area contributed by atoms with E-state index in [1.165, 1.54) is 10.5 Å². The molecule has 0 aliphatic carbocycles. The lowest BCUT2D eigenvalue weighted by molar-refractivity contribution is 0.395. The molecule has 2 rings (SSSR count). The Morgan fingerprint density at radius 2 is 2.05 bits per heavy atom. The van der Waals surface area contributed by atoms with Crippen LogP contribution in [0.4, 0.5) is 0 Å². The van der Waals surface area contributed by atoms with Gasteiger partial charge in [0.15, 0.2) is 0 Å². The van der Waals surface area contributed by atoms with Gasteiger partial charge in [0.25, 0.3) is 0 Å². The third-order valence-corrected chi connectivity index (χ3v) is 3.99. The molecule has 0 radical (unpaired) electrons. The first-order chi connectivity index (χ1) is 9.29. The maximum absolute atomic E-state index is 5.08. The molecule has 0 aliphatic rings. The Hall–Kier alpha value is -1.26. The SMILES string of the molecule is CCCNC(C)c1ccc(SCc2ccno2)cc1. The first-order valence-corrected chi connectivity index (χ1v) is 7.64. The Bertz CT molecular complexity index is 467. The molecule has 0 saturated heterocycles. The van der Waals surface area contributed by atoms with Gasteiger partial charge in [-0.05, 0) is 37.6 Å². The zero-order valence-corrected chi connectivity index (χ0v) is 12.2. The molecule has 1 unspecified atom stereocenters. The van der Waals surface area contributed by atoms with Crippen molar-refractivity contribution in [3.63, 3.8) is 0 Å². The van der Waals surface area contributed by atoms with E-state index >= 15 is 0 Å². The normalized spacial score (nSPS) is 12.5. The molecule has 3 nitrogen and oxygen atoms in total. The first kappa shape index (κ1) is 14.2. The van der Waals surface area contributed by atoms with Crippen molar-refractivity contribution in [1.29, 1.82) is 0 Å². The number of rotatable bonds is 7. The van der Waals surface area contributed by atoms with E-state index < -0.39 is 0 Å². The monoisotopic (exact) mass is 276 g/mol. The second kappa shape index (κ2) is 7.36. The lowest BCUT2D eigenvalue weighted by atomic mass is 10.1. The predicted octanol–water partition coefficient (Wildman–Crippen LogP) is 4.03. The molecule has 0 fully saturated rings. The van der Waals surface area contributed by atoms with Crippen molar-refractivity contribution in [2.45, 2.75) is 37.0 Å². The molecule has 0 saturated carbocycles. The van der Waals surface area contributed by atoms with E-state index in [0.717, 1.165) is 24.5 Å². The van der Waals surface area contributed by atoms with Crippen molar-refractivity contribution >= 4 is 11.8 Å². The summed E-state index contributed by atoms with van der Waals surface area (Å²) in [5.41, 5.74) is 1.33. The van der Waals surface area contributed by atoms with E-state index in [9.17, 15) is 0 Å². The lowest BCUT2D eigenvalue weighted by Crippen LogP contribution is -2.19. The Balaban J connectivity index is 1.87. The van der Waals surface area contributed by atoms with Crippen molar-refractivity contribution in [3.8, 4) is 0 Å². The van der Waals surface area contributed by atoms with Gasteiger partial charge >= 0.3 is 0 Å². The van der Waals surface area contributed by atoms with Crippen molar-refractivity contribution in [1.82, 2.24) is 10.5 Å². The average Bonchev–Trinajstić information content (AvgIpc) is 2.96. The number of nitrogens with zero attached hydrogens (tertiary/aromatic N) is 1. The molecule has 0 bridgehead atoms. The molecule has 0 amide bonds. The number of thioether (sulfide) groups is 1. The van der Waals surface area contributed by atoms with Gasteiger partial charge in [-0.25, -0.2) is 0 Å². The van der Waals surface area contributed by atoms with E-state index in [2.05, 4.69) is 48.6 Å². The van der Waals surface area contributed by atoms with E-state index in [0.29, 0.717) is 6.04 Å². The van der Waals surface area contributed by atoms with Gasteiger partial charge in [0.2, 0.25) is 0 Å². The van der Waals surface area contributed by atoms with Crippen molar-refractivity contribution in [3.05, 3.63) is 47.9 Å². The smallest absolute Gasteiger partial charge is 0.146 e. The number of hydrogen-bond donors (Lipinski definition) is 1. The van der Waals surface area contributed by atoms with Crippen LogP contribution in [0.5, 0.6) is 0 Å². The zero-order chi connectivity index (χ0) is 13.5. The van der Waals surface area contributed by atoms with E-state index in [-0.39, 0.29) is 0 Å². The molecule has 1 aromatic heterocycles.